The van der Waals surface area contributed by atoms with Gasteiger partial charge in [0.05, 0.1) is 29.5 Å². The van der Waals surface area contributed by atoms with Crippen molar-refractivity contribution in [1.29, 1.82) is 0 Å². The lowest BCUT2D eigenvalue weighted by Crippen LogP contribution is -2.42. The van der Waals surface area contributed by atoms with Crippen molar-refractivity contribution < 1.29 is 18.0 Å². The van der Waals surface area contributed by atoms with Crippen LogP contribution in [0.25, 0.3) is 11.3 Å². The van der Waals surface area contributed by atoms with Gasteiger partial charge in [-0.25, -0.2) is 27.7 Å². The predicted molar refractivity (Wildman–Crippen MR) is 156 cm³/mol. The predicted octanol–water partition coefficient (Wildman–Crippen LogP) is 4.16. The Morgan fingerprint density at radius 1 is 0.956 bits per heavy atom. The molecule has 0 bridgehead atoms. The van der Waals surface area contributed by atoms with Crippen LogP contribution in [0.15, 0.2) is 84.4 Å². The van der Waals surface area contributed by atoms with E-state index in [1.165, 1.54) is 18.5 Å². The molecule has 0 radical (unpaired) electrons. The molecule has 0 spiro atoms. The van der Waals surface area contributed by atoms with Crippen molar-refractivity contribution in [2.24, 2.45) is 7.05 Å². The van der Waals surface area contributed by atoms with Crippen LogP contribution in [0.3, 0.4) is 0 Å². The molecule has 0 unspecified atom stereocenters. The standard InChI is InChI=1S/C30H23F3N10O2/c1-40-10-6-23(39-40)17-12-19(13-17)42(28-25-5-8-36-41(25)11-9-34-28)26-15-21(32)24(14-22(26)33)38-29(44)20-4-7-37-43(30(20)45)27-3-2-18(31)16-35-27/h2-11,14-17,19H,12-13H2,1H3,(H,38,44). The fraction of sp³-hybridized carbons (Fsp3) is 0.167. The van der Waals surface area contributed by atoms with Gasteiger partial charge in [-0.1, -0.05) is 0 Å². The average molecular weight is 613 g/mol. The van der Waals surface area contributed by atoms with E-state index in [4.69, 9.17) is 0 Å². The molecule has 1 N–H and O–H groups in total. The number of fused-ring (bicyclic) bond motifs is 1. The minimum Gasteiger partial charge on any atom is -0.319 e. The van der Waals surface area contributed by atoms with Crippen molar-refractivity contribution in [1.82, 2.24) is 39.1 Å². The van der Waals surface area contributed by atoms with Gasteiger partial charge in [0.2, 0.25) is 0 Å². The van der Waals surface area contributed by atoms with Gasteiger partial charge >= 0.3 is 0 Å². The smallest absolute Gasteiger partial charge is 0.285 e. The summed E-state index contributed by atoms with van der Waals surface area (Å²) in [5.41, 5.74) is -0.330. The first kappa shape index (κ1) is 27.9. The summed E-state index contributed by atoms with van der Waals surface area (Å²) in [6, 6.07) is 8.71. The van der Waals surface area contributed by atoms with E-state index in [2.05, 4.69) is 30.6 Å². The van der Waals surface area contributed by atoms with Crippen molar-refractivity contribution in [3.05, 3.63) is 119 Å². The number of hydrogen-bond donors (Lipinski definition) is 1. The van der Waals surface area contributed by atoms with E-state index < -0.39 is 40.2 Å². The Balaban J connectivity index is 1.20. The molecular formula is C30H23F3N10O2. The molecule has 6 aromatic rings. The number of anilines is 3. The second kappa shape index (κ2) is 11.0. The number of amides is 1. The van der Waals surface area contributed by atoms with Crippen LogP contribution in [0.2, 0.25) is 0 Å². The van der Waals surface area contributed by atoms with Gasteiger partial charge in [0.15, 0.2) is 11.6 Å². The Hall–Kier alpha value is -5.86. The summed E-state index contributed by atoms with van der Waals surface area (Å²) in [6.45, 7) is 0. The van der Waals surface area contributed by atoms with Crippen molar-refractivity contribution >= 4 is 28.6 Å². The van der Waals surface area contributed by atoms with Crippen LogP contribution in [0, 0.1) is 17.5 Å². The summed E-state index contributed by atoms with van der Waals surface area (Å²) in [4.78, 5) is 36.0. The zero-order valence-corrected chi connectivity index (χ0v) is 23.5. The van der Waals surface area contributed by atoms with E-state index >= 15 is 8.78 Å². The normalized spacial score (nSPS) is 16.0. The molecule has 0 saturated heterocycles. The van der Waals surface area contributed by atoms with Gasteiger partial charge in [-0.3, -0.25) is 14.3 Å². The van der Waals surface area contributed by atoms with Crippen molar-refractivity contribution in [3.63, 3.8) is 0 Å². The van der Waals surface area contributed by atoms with Crippen molar-refractivity contribution in [2.45, 2.75) is 24.8 Å². The van der Waals surface area contributed by atoms with Crippen LogP contribution >= 0.6 is 0 Å². The largest absolute Gasteiger partial charge is 0.319 e. The number of nitrogens with one attached hydrogen (secondary N) is 1. The lowest BCUT2D eigenvalue weighted by Gasteiger charge is -2.43. The molecule has 1 saturated carbocycles. The minimum atomic E-state index is -0.996. The molecule has 226 valence electrons. The van der Waals surface area contributed by atoms with E-state index in [9.17, 15) is 14.0 Å². The summed E-state index contributed by atoms with van der Waals surface area (Å²) >= 11 is 0. The van der Waals surface area contributed by atoms with Crippen LogP contribution in [0.1, 0.15) is 34.8 Å². The summed E-state index contributed by atoms with van der Waals surface area (Å²) in [6.07, 6.45) is 9.93. The molecule has 1 amide bonds. The molecule has 15 heteroatoms. The van der Waals surface area contributed by atoms with Gasteiger partial charge in [-0.2, -0.15) is 20.0 Å². The van der Waals surface area contributed by atoms with Gasteiger partial charge < -0.3 is 10.2 Å². The number of benzene rings is 1. The molecule has 1 aromatic carbocycles. The van der Waals surface area contributed by atoms with E-state index in [1.807, 2.05) is 19.3 Å². The number of nitrogens with zero attached hydrogens (tertiary/aromatic N) is 9. The maximum absolute atomic E-state index is 15.9. The number of carbonyl (C=O) groups is 1. The van der Waals surface area contributed by atoms with Crippen LogP contribution < -0.4 is 15.8 Å². The molecule has 1 aliphatic carbocycles. The number of rotatable bonds is 7. The maximum Gasteiger partial charge on any atom is 0.285 e. The van der Waals surface area contributed by atoms with Crippen molar-refractivity contribution in [3.8, 4) is 5.82 Å². The average Bonchev–Trinajstić information content (AvgIpc) is 3.66. The first-order chi connectivity index (χ1) is 21.8. The van der Waals surface area contributed by atoms with Crippen LogP contribution in [-0.4, -0.2) is 51.1 Å². The van der Waals surface area contributed by atoms with E-state index in [1.54, 1.807) is 32.6 Å². The molecule has 5 heterocycles. The Morgan fingerprint density at radius 3 is 2.53 bits per heavy atom. The number of carbonyl (C=O) groups excluding carboxylic acids is 1. The number of aryl methyl sites for hydroxylation is 1. The molecule has 45 heavy (non-hydrogen) atoms. The Kier molecular flexibility index (Phi) is 6.83. The third-order valence-corrected chi connectivity index (χ3v) is 7.73. The zero-order valence-electron chi connectivity index (χ0n) is 23.5. The van der Waals surface area contributed by atoms with Crippen LogP contribution in [0.4, 0.5) is 30.4 Å². The second-order valence-corrected chi connectivity index (χ2v) is 10.6. The number of hydrogen-bond acceptors (Lipinski definition) is 8. The Bertz CT molecular complexity index is 2120. The summed E-state index contributed by atoms with van der Waals surface area (Å²) < 4.78 is 49.0. The van der Waals surface area contributed by atoms with Gasteiger partial charge in [0.25, 0.3) is 11.5 Å². The first-order valence-corrected chi connectivity index (χ1v) is 13.8. The number of pyridine rings is 1. The molecule has 1 aliphatic rings. The topological polar surface area (TPSA) is 128 Å². The Labute approximate surface area is 252 Å². The molecule has 0 atom stereocenters. The van der Waals surface area contributed by atoms with Gasteiger partial charge in [0.1, 0.15) is 28.5 Å². The molecule has 12 nitrogen and oxygen atoms in total. The lowest BCUT2D eigenvalue weighted by molar-refractivity contribution is 0.102. The SMILES string of the molecule is Cn1ccc(C2CC(N(c3cc(F)c(NC(=O)c4ccnn(-c5ccc(F)cn5)c4=O)cc3F)c3nccn4nccc34)C2)n1. The third-order valence-electron chi connectivity index (χ3n) is 7.73. The highest BCUT2D eigenvalue weighted by Crippen LogP contribution is 2.45. The summed E-state index contributed by atoms with van der Waals surface area (Å²) in [7, 11) is 1.84. The number of aromatic nitrogens is 8. The third kappa shape index (κ3) is 5.07. The van der Waals surface area contributed by atoms with E-state index in [-0.39, 0.29) is 23.5 Å². The van der Waals surface area contributed by atoms with Crippen LogP contribution in [0.5, 0.6) is 0 Å². The molecule has 1 fully saturated rings. The highest BCUT2D eigenvalue weighted by atomic mass is 19.1. The summed E-state index contributed by atoms with van der Waals surface area (Å²) in [5, 5.41) is 14.9. The van der Waals surface area contributed by atoms with Gasteiger partial charge in [-0.15, -0.1) is 0 Å². The lowest BCUT2D eigenvalue weighted by atomic mass is 9.77. The number of halogens is 3. The second-order valence-electron chi connectivity index (χ2n) is 10.6. The highest BCUT2D eigenvalue weighted by Gasteiger charge is 2.39. The fourth-order valence-electron chi connectivity index (χ4n) is 5.45. The Morgan fingerprint density at radius 2 is 1.78 bits per heavy atom. The first-order valence-electron chi connectivity index (χ1n) is 13.8. The molecule has 0 aliphatic heterocycles. The van der Waals surface area contributed by atoms with Crippen molar-refractivity contribution in [2.75, 3.05) is 10.2 Å². The van der Waals surface area contributed by atoms with Crippen LogP contribution in [-0.2, 0) is 7.05 Å². The maximum atomic E-state index is 15.9. The zero-order chi connectivity index (χ0) is 31.2. The monoisotopic (exact) mass is 612 g/mol. The molecule has 5 aromatic heterocycles. The highest BCUT2D eigenvalue weighted by molar-refractivity contribution is 6.04. The minimum absolute atomic E-state index is 0.0270. The van der Waals surface area contributed by atoms with Gasteiger partial charge in [-0.05, 0) is 43.2 Å². The molecular weight excluding hydrogens is 589 g/mol. The van der Waals surface area contributed by atoms with E-state index in [0.717, 1.165) is 40.8 Å². The summed E-state index contributed by atoms with van der Waals surface area (Å²) in [5.74, 6) is -2.88. The fourth-order valence-corrected chi connectivity index (χ4v) is 5.45. The van der Waals surface area contributed by atoms with E-state index in [0.29, 0.717) is 24.2 Å². The molecule has 7 rings (SSSR count). The quantitative estimate of drug-likeness (QED) is 0.285. The van der Waals surface area contributed by atoms with Gasteiger partial charge in [0, 0.05) is 55.9 Å².